The van der Waals surface area contributed by atoms with Crippen LogP contribution in [0, 0.1) is 0 Å². The number of amides is 1. The summed E-state index contributed by atoms with van der Waals surface area (Å²) in [4.78, 5) is 19.1. The Kier molecular flexibility index (Phi) is 4.74. The third-order valence-electron chi connectivity index (χ3n) is 4.59. The van der Waals surface area contributed by atoms with Gasteiger partial charge >= 0.3 is 0 Å². The maximum absolute atomic E-state index is 12.7. The number of pyridine rings is 1. The first-order valence-corrected chi connectivity index (χ1v) is 9.73. The average molecular weight is 351 g/mol. The molecule has 1 aliphatic rings. The molecule has 1 amide bonds. The zero-order valence-electron chi connectivity index (χ0n) is 14.1. The smallest absolute Gasteiger partial charge is 0.253 e. The number of likely N-dealkylation sites (tertiary alicyclic amines) is 1. The van der Waals surface area contributed by atoms with Crippen molar-refractivity contribution >= 4 is 23.2 Å². The van der Waals surface area contributed by atoms with Crippen molar-refractivity contribution in [2.75, 3.05) is 13.1 Å². The van der Waals surface area contributed by atoms with Gasteiger partial charge in [0.2, 0.25) is 0 Å². The molecule has 3 heterocycles. The van der Waals surface area contributed by atoms with E-state index in [1.54, 1.807) is 11.8 Å². The molecule has 0 spiro atoms. The summed E-state index contributed by atoms with van der Waals surface area (Å²) in [6.45, 7) is 1.77. The second-order valence-corrected chi connectivity index (χ2v) is 7.32. The minimum Gasteiger partial charge on any atom is -0.339 e. The first kappa shape index (κ1) is 16.2. The minimum absolute atomic E-state index is 0.165. The summed E-state index contributed by atoms with van der Waals surface area (Å²) in [6, 6.07) is 14.1. The first-order chi connectivity index (χ1) is 12.3. The number of hydrogen-bond acceptors (Lipinski definition) is 3. The Morgan fingerprint density at radius 1 is 1.08 bits per heavy atom. The fourth-order valence-corrected chi connectivity index (χ4v) is 4.16. The molecule has 1 fully saturated rings. The average Bonchev–Trinajstić information content (AvgIpc) is 3.10. The molecule has 4 rings (SSSR count). The highest BCUT2D eigenvalue weighted by atomic mass is 32.2. The van der Waals surface area contributed by atoms with E-state index in [0.29, 0.717) is 0 Å². The molecular formula is C20H21N3OS. The number of carbonyl (C=O) groups excluding carboxylic acids is 1. The number of thioether (sulfide) groups is 1. The van der Waals surface area contributed by atoms with E-state index < -0.39 is 0 Å². The highest BCUT2D eigenvalue weighted by Gasteiger charge is 2.18. The molecule has 25 heavy (non-hydrogen) atoms. The highest BCUT2D eigenvalue weighted by Crippen LogP contribution is 2.23. The molecule has 0 N–H and O–H groups in total. The van der Waals surface area contributed by atoms with Gasteiger partial charge in [-0.15, -0.1) is 0 Å². The monoisotopic (exact) mass is 351 g/mol. The lowest BCUT2D eigenvalue weighted by Gasteiger charge is -2.26. The summed E-state index contributed by atoms with van der Waals surface area (Å²) < 4.78 is 2.09. The third kappa shape index (κ3) is 3.56. The van der Waals surface area contributed by atoms with Crippen LogP contribution in [-0.4, -0.2) is 33.3 Å². The predicted molar refractivity (Wildman–Crippen MR) is 101 cm³/mol. The molecule has 2 aromatic heterocycles. The van der Waals surface area contributed by atoms with Crippen LogP contribution in [0.2, 0.25) is 0 Å². The number of piperidine rings is 1. The number of nitrogens with zero attached hydrogens (tertiary/aromatic N) is 3. The molecule has 3 aromatic rings. The number of carbonyl (C=O) groups is 1. The fourth-order valence-electron chi connectivity index (χ4n) is 3.25. The van der Waals surface area contributed by atoms with Gasteiger partial charge in [0, 0.05) is 30.6 Å². The van der Waals surface area contributed by atoms with E-state index in [0.717, 1.165) is 53.5 Å². The molecule has 1 saturated heterocycles. The number of fused-ring (bicyclic) bond motifs is 1. The van der Waals surface area contributed by atoms with Gasteiger partial charge in [-0.05, 0) is 49.1 Å². The van der Waals surface area contributed by atoms with Gasteiger partial charge in [-0.25, -0.2) is 4.98 Å². The molecule has 0 radical (unpaired) electrons. The Bertz CT molecular complexity index is 883. The van der Waals surface area contributed by atoms with Crippen LogP contribution in [0.4, 0.5) is 0 Å². The third-order valence-corrected chi connectivity index (χ3v) is 5.63. The molecule has 0 aliphatic carbocycles. The Morgan fingerprint density at radius 2 is 1.96 bits per heavy atom. The molecule has 5 heteroatoms. The second kappa shape index (κ2) is 7.31. The van der Waals surface area contributed by atoms with E-state index in [9.17, 15) is 4.79 Å². The van der Waals surface area contributed by atoms with E-state index in [2.05, 4.69) is 21.5 Å². The number of imidazole rings is 1. The van der Waals surface area contributed by atoms with Crippen LogP contribution in [0.5, 0.6) is 0 Å². The van der Waals surface area contributed by atoms with Gasteiger partial charge in [0.25, 0.3) is 5.91 Å². The van der Waals surface area contributed by atoms with Gasteiger partial charge in [0.1, 0.15) is 0 Å². The molecule has 0 bridgehead atoms. The summed E-state index contributed by atoms with van der Waals surface area (Å²) >= 11 is 1.69. The molecular weight excluding hydrogens is 330 g/mol. The number of benzene rings is 1. The molecule has 0 unspecified atom stereocenters. The van der Waals surface area contributed by atoms with E-state index in [1.165, 1.54) is 6.42 Å². The lowest BCUT2D eigenvalue weighted by atomic mass is 10.1. The summed E-state index contributed by atoms with van der Waals surface area (Å²) in [5.41, 5.74) is 3.05. The van der Waals surface area contributed by atoms with Crippen molar-refractivity contribution in [3.05, 3.63) is 66.0 Å². The Morgan fingerprint density at radius 3 is 2.84 bits per heavy atom. The van der Waals surface area contributed by atoms with Crippen LogP contribution in [0.15, 0.2) is 60.0 Å². The standard InChI is InChI=1S/C20H21N3OS/c24-19(22-10-3-1-4-11-22)17-8-6-7-16(13-17)15-25-20-21-14-18-9-2-5-12-23(18)20/h2,5-9,12-14H,1,3-4,10-11,15H2. The summed E-state index contributed by atoms with van der Waals surface area (Å²) in [6.07, 6.45) is 7.39. The van der Waals surface area contributed by atoms with Crippen molar-refractivity contribution in [3.8, 4) is 0 Å². The molecule has 0 saturated carbocycles. The maximum Gasteiger partial charge on any atom is 0.253 e. The van der Waals surface area contributed by atoms with Gasteiger partial charge in [0.05, 0.1) is 11.7 Å². The fraction of sp³-hybridized carbons (Fsp3) is 0.300. The van der Waals surface area contributed by atoms with Crippen LogP contribution in [0.1, 0.15) is 35.2 Å². The zero-order valence-corrected chi connectivity index (χ0v) is 14.9. The zero-order chi connectivity index (χ0) is 17.1. The van der Waals surface area contributed by atoms with Crippen molar-refractivity contribution in [2.45, 2.75) is 30.2 Å². The molecule has 1 aliphatic heterocycles. The van der Waals surface area contributed by atoms with Gasteiger partial charge in [0.15, 0.2) is 5.16 Å². The minimum atomic E-state index is 0.165. The van der Waals surface area contributed by atoms with E-state index in [1.807, 2.05) is 47.6 Å². The number of hydrogen-bond donors (Lipinski definition) is 0. The van der Waals surface area contributed by atoms with Crippen LogP contribution < -0.4 is 0 Å². The van der Waals surface area contributed by atoms with Gasteiger partial charge < -0.3 is 4.90 Å². The van der Waals surface area contributed by atoms with Crippen molar-refractivity contribution in [3.63, 3.8) is 0 Å². The van der Waals surface area contributed by atoms with Gasteiger partial charge in [-0.1, -0.05) is 30.0 Å². The number of aromatic nitrogens is 2. The SMILES string of the molecule is O=C(c1cccc(CSc2ncc3ccccn23)c1)N1CCCCC1. The quantitative estimate of drug-likeness (QED) is 0.659. The molecule has 4 nitrogen and oxygen atoms in total. The summed E-state index contributed by atoms with van der Waals surface area (Å²) in [5, 5.41) is 0.975. The first-order valence-electron chi connectivity index (χ1n) is 8.74. The summed E-state index contributed by atoms with van der Waals surface area (Å²) in [7, 11) is 0. The van der Waals surface area contributed by atoms with Gasteiger partial charge in [-0.2, -0.15) is 0 Å². The molecule has 1 aromatic carbocycles. The largest absolute Gasteiger partial charge is 0.339 e. The van der Waals surface area contributed by atoms with E-state index >= 15 is 0 Å². The molecule has 0 atom stereocenters. The maximum atomic E-state index is 12.7. The normalized spacial score (nSPS) is 14.8. The lowest BCUT2D eigenvalue weighted by Crippen LogP contribution is -2.35. The molecule has 128 valence electrons. The van der Waals surface area contributed by atoms with E-state index in [-0.39, 0.29) is 5.91 Å². The second-order valence-electron chi connectivity index (χ2n) is 6.38. The Balaban J connectivity index is 1.47. The number of rotatable bonds is 4. The Labute approximate surface area is 151 Å². The van der Waals surface area contributed by atoms with Crippen LogP contribution >= 0.6 is 11.8 Å². The van der Waals surface area contributed by atoms with Crippen molar-refractivity contribution in [2.24, 2.45) is 0 Å². The van der Waals surface area contributed by atoms with Crippen LogP contribution in [0.25, 0.3) is 5.52 Å². The van der Waals surface area contributed by atoms with Crippen molar-refractivity contribution in [1.29, 1.82) is 0 Å². The van der Waals surface area contributed by atoms with E-state index in [4.69, 9.17) is 0 Å². The van der Waals surface area contributed by atoms with Crippen LogP contribution in [0.3, 0.4) is 0 Å². The van der Waals surface area contributed by atoms with Crippen molar-refractivity contribution in [1.82, 2.24) is 14.3 Å². The summed E-state index contributed by atoms with van der Waals surface area (Å²) in [5.74, 6) is 0.965. The highest BCUT2D eigenvalue weighted by molar-refractivity contribution is 7.98. The Hall–Kier alpha value is -2.27. The van der Waals surface area contributed by atoms with Crippen molar-refractivity contribution < 1.29 is 4.79 Å². The topological polar surface area (TPSA) is 37.6 Å². The lowest BCUT2D eigenvalue weighted by molar-refractivity contribution is 0.0724. The van der Waals surface area contributed by atoms with Gasteiger partial charge in [-0.3, -0.25) is 9.20 Å². The van der Waals surface area contributed by atoms with Crippen LogP contribution in [-0.2, 0) is 5.75 Å². The predicted octanol–water partition coefficient (Wildman–Crippen LogP) is 4.25.